The quantitative estimate of drug-likeness (QED) is 0.846. The molecule has 0 aromatic carbocycles. The predicted molar refractivity (Wildman–Crippen MR) is 78.5 cm³/mol. The second-order valence-electron chi connectivity index (χ2n) is 4.94. The van der Waals surface area contributed by atoms with E-state index in [1.54, 1.807) is 30.3 Å². The molecule has 2 aromatic heterocycles. The SMILES string of the molecule is CNc1nc(NCC2CCOCC2)nc(-n2ccnc2)n1. The Labute approximate surface area is 123 Å². The van der Waals surface area contributed by atoms with Crippen molar-refractivity contribution in [2.45, 2.75) is 12.8 Å². The molecule has 112 valence electrons. The molecule has 0 saturated carbocycles. The van der Waals surface area contributed by atoms with E-state index in [0.717, 1.165) is 32.6 Å². The minimum atomic E-state index is 0.531. The maximum atomic E-state index is 5.37. The molecule has 0 unspecified atom stereocenters. The summed E-state index contributed by atoms with van der Waals surface area (Å²) in [6, 6.07) is 0. The van der Waals surface area contributed by atoms with Gasteiger partial charge in [-0.25, -0.2) is 4.98 Å². The molecule has 21 heavy (non-hydrogen) atoms. The van der Waals surface area contributed by atoms with E-state index in [1.807, 2.05) is 0 Å². The molecule has 0 radical (unpaired) electrons. The van der Waals surface area contributed by atoms with E-state index in [9.17, 15) is 0 Å². The van der Waals surface area contributed by atoms with Gasteiger partial charge in [-0.05, 0) is 18.8 Å². The summed E-state index contributed by atoms with van der Waals surface area (Å²) in [5.74, 6) is 2.25. The van der Waals surface area contributed by atoms with Crippen LogP contribution < -0.4 is 10.6 Å². The fourth-order valence-corrected chi connectivity index (χ4v) is 2.23. The van der Waals surface area contributed by atoms with Gasteiger partial charge in [-0.2, -0.15) is 15.0 Å². The molecule has 3 rings (SSSR count). The van der Waals surface area contributed by atoms with Gasteiger partial charge in [0.2, 0.25) is 17.8 Å². The summed E-state index contributed by atoms with van der Waals surface area (Å²) in [4.78, 5) is 17.1. The number of anilines is 2. The first-order chi connectivity index (χ1) is 10.3. The summed E-state index contributed by atoms with van der Waals surface area (Å²) in [6.45, 7) is 2.52. The van der Waals surface area contributed by atoms with E-state index >= 15 is 0 Å². The third kappa shape index (κ3) is 3.46. The van der Waals surface area contributed by atoms with Crippen LogP contribution in [0.25, 0.3) is 5.95 Å². The zero-order valence-electron chi connectivity index (χ0n) is 12.0. The highest BCUT2D eigenvalue weighted by molar-refractivity contribution is 5.37. The maximum Gasteiger partial charge on any atom is 0.241 e. The van der Waals surface area contributed by atoms with Crippen LogP contribution in [-0.4, -0.2) is 51.3 Å². The van der Waals surface area contributed by atoms with Crippen LogP contribution in [0.3, 0.4) is 0 Å². The Morgan fingerprint density at radius 2 is 2.05 bits per heavy atom. The second kappa shape index (κ2) is 6.49. The third-order valence-corrected chi connectivity index (χ3v) is 3.47. The lowest BCUT2D eigenvalue weighted by Crippen LogP contribution is -2.23. The highest BCUT2D eigenvalue weighted by atomic mass is 16.5. The van der Waals surface area contributed by atoms with Crippen molar-refractivity contribution in [3.63, 3.8) is 0 Å². The summed E-state index contributed by atoms with van der Waals surface area (Å²) < 4.78 is 7.12. The third-order valence-electron chi connectivity index (χ3n) is 3.47. The topological polar surface area (TPSA) is 89.8 Å². The Kier molecular flexibility index (Phi) is 4.25. The Balaban J connectivity index is 1.73. The average Bonchev–Trinajstić information content (AvgIpc) is 3.08. The van der Waals surface area contributed by atoms with Crippen molar-refractivity contribution in [2.24, 2.45) is 5.92 Å². The van der Waals surface area contributed by atoms with Crippen molar-refractivity contribution < 1.29 is 4.74 Å². The minimum absolute atomic E-state index is 0.531. The van der Waals surface area contributed by atoms with Crippen LogP contribution in [0.4, 0.5) is 11.9 Å². The highest BCUT2D eigenvalue weighted by Crippen LogP contribution is 2.15. The lowest BCUT2D eigenvalue weighted by Gasteiger charge is -2.22. The van der Waals surface area contributed by atoms with Gasteiger partial charge < -0.3 is 15.4 Å². The molecule has 2 aromatic rings. The van der Waals surface area contributed by atoms with Crippen molar-refractivity contribution in [1.82, 2.24) is 24.5 Å². The van der Waals surface area contributed by atoms with Crippen molar-refractivity contribution >= 4 is 11.9 Å². The molecule has 8 heteroatoms. The van der Waals surface area contributed by atoms with Crippen LogP contribution in [0.1, 0.15) is 12.8 Å². The predicted octanol–water partition coefficient (Wildman–Crippen LogP) is 0.937. The van der Waals surface area contributed by atoms with Gasteiger partial charge >= 0.3 is 0 Å². The van der Waals surface area contributed by atoms with E-state index in [0.29, 0.717) is 23.8 Å². The zero-order valence-corrected chi connectivity index (χ0v) is 12.0. The number of nitrogens with one attached hydrogen (secondary N) is 2. The highest BCUT2D eigenvalue weighted by Gasteiger charge is 2.14. The molecule has 3 heterocycles. The Morgan fingerprint density at radius 3 is 2.76 bits per heavy atom. The summed E-state index contributed by atoms with van der Waals surface area (Å²) in [7, 11) is 1.79. The van der Waals surface area contributed by atoms with Gasteiger partial charge in [0.05, 0.1) is 0 Å². The molecule has 1 fully saturated rings. The van der Waals surface area contributed by atoms with Crippen molar-refractivity contribution in [1.29, 1.82) is 0 Å². The number of rotatable bonds is 5. The minimum Gasteiger partial charge on any atom is -0.381 e. The standard InChI is InChI=1S/C13H19N7O/c1-14-11-17-12(16-8-10-2-6-21-7-3-10)19-13(18-11)20-5-4-15-9-20/h4-5,9-10H,2-3,6-8H2,1H3,(H2,14,16,17,18,19). The molecular formula is C13H19N7O. The fourth-order valence-electron chi connectivity index (χ4n) is 2.23. The van der Waals surface area contributed by atoms with Gasteiger partial charge in [0.1, 0.15) is 6.33 Å². The van der Waals surface area contributed by atoms with Gasteiger partial charge in [0.15, 0.2) is 0 Å². The van der Waals surface area contributed by atoms with Gasteiger partial charge in [-0.3, -0.25) is 4.57 Å². The van der Waals surface area contributed by atoms with Crippen molar-refractivity contribution in [2.75, 3.05) is 37.4 Å². The molecule has 0 spiro atoms. The van der Waals surface area contributed by atoms with Crippen LogP contribution in [0.2, 0.25) is 0 Å². The zero-order chi connectivity index (χ0) is 14.5. The molecule has 0 amide bonds. The van der Waals surface area contributed by atoms with Crippen LogP contribution >= 0.6 is 0 Å². The molecule has 1 aliphatic rings. The maximum absolute atomic E-state index is 5.37. The van der Waals surface area contributed by atoms with E-state index in [1.165, 1.54) is 0 Å². The number of ether oxygens (including phenoxy) is 1. The first kappa shape index (κ1) is 13.7. The Hall–Kier alpha value is -2.22. The van der Waals surface area contributed by atoms with E-state index < -0.39 is 0 Å². The number of hydrogen-bond acceptors (Lipinski definition) is 7. The van der Waals surface area contributed by atoms with Crippen LogP contribution in [0.5, 0.6) is 0 Å². The number of aromatic nitrogens is 5. The summed E-state index contributed by atoms with van der Waals surface area (Å²) in [6.07, 6.45) is 7.31. The first-order valence-electron chi connectivity index (χ1n) is 7.09. The largest absolute Gasteiger partial charge is 0.381 e. The van der Waals surface area contributed by atoms with Gasteiger partial charge in [-0.15, -0.1) is 0 Å². The first-order valence-corrected chi connectivity index (χ1v) is 7.09. The molecule has 8 nitrogen and oxygen atoms in total. The normalized spacial score (nSPS) is 15.9. The van der Waals surface area contributed by atoms with Gasteiger partial charge in [0.25, 0.3) is 0 Å². The van der Waals surface area contributed by atoms with E-state index in [4.69, 9.17) is 4.74 Å². The van der Waals surface area contributed by atoms with Crippen LogP contribution in [0, 0.1) is 5.92 Å². The molecular weight excluding hydrogens is 270 g/mol. The van der Waals surface area contributed by atoms with E-state index in [-0.39, 0.29) is 0 Å². The van der Waals surface area contributed by atoms with Gasteiger partial charge in [-0.1, -0.05) is 0 Å². The number of hydrogen-bond donors (Lipinski definition) is 2. The smallest absolute Gasteiger partial charge is 0.241 e. The lowest BCUT2D eigenvalue weighted by molar-refractivity contribution is 0.0699. The lowest BCUT2D eigenvalue weighted by atomic mass is 10.0. The molecule has 2 N–H and O–H groups in total. The van der Waals surface area contributed by atoms with Crippen molar-refractivity contribution in [3.05, 3.63) is 18.7 Å². The monoisotopic (exact) mass is 289 g/mol. The molecule has 0 aliphatic carbocycles. The molecule has 0 bridgehead atoms. The summed E-state index contributed by atoms with van der Waals surface area (Å²) in [5, 5.41) is 6.25. The Morgan fingerprint density at radius 1 is 1.24 bits per heavy atom. The molecule has 0 atom stereocenters. The van der Waals surface area contributed by atoms with Crippen LogP contribution in [0.15, 0.2) is 18.7 Å². The number of nitrogens with zero attached hydrogens (tertiary/aromatic N) is 5. The van der Waals surface area contributed by atoms with Crippen molar-refractivity contribution in [3.8, 4) is 5.95 Å². The van der Waals surface area contributed by atoms with Crippen LogP contribution in [-0.2, 0) is 4.74 Å². The number of imidazole rings is 1. The fraction of sp³-hybridized carbons (Fsp3) is 0.538. The second-order valence-corrected chi connectivity index (χ2v) is 4.94. The van der Waals surface area contributed by atoms with Gasteiger partial charge in [0, 0.05) is 39.2 Å². The average molecular weight is 289 g/mol. The summed E-state index contributed by atoms with van der Waals surface area (Å²) in [5.41, 5.74) is 0. The van der Waals surface area contributed by atoms with E-state index in [2.05, 4.69) is 30.6 Å². The Bertz CT molecular complexity index is 566. The molecule has 1 aliphatic heterocycles. The molecule has 1 saturated heterocycles. The summed E-state index contributed by atoms with van der Waals surface area (Å²) >= 11 is 0.